The van der Waals surface area contributed by atoms with Crippen LogP contribution in [-0.2, 0) is 26.9 Å². The normalized spacial score (nSPS) is 15.6. The molecule has 29 heavy (non-hydrogen) atoms. The van der Waals surface area contributed by atoms with Gasteiger partial charge in [-0.05, 0) is 29.0 Å². The van der Waals surface area contributed by atoms with Crippen molar-refractivity contribution in [2.24, 2.45) is 0 Å². The zero-order valence-corrected chi connectivity index (χ0v) is 18.5. The lowest BCUT2D eigenvalue weighted by atomic mass is 9.78. The van der Waals surface area contributed by atoms with E-state index >= 15 is 0 Å². The van der Waals surface area contributed by atoms with Crippen molar-refractivity contribution >= 4 is 5.91 Å². The molecule has 0 spiro atoms. The molecule has 158 valence electrons. The van der Waals surface area contributed by atoms with Gasteiger partial charge in [0.05, 0.1) is 18.9 Å². The molecule has 1 aromatic heterocycles. The van der Waals surface area contributed by atoms with Crippen LogP contribution < -0.4 is 0 Å². The monoisotopic (exact) mass is 399 g/mol. The first-order valence-electron chi connectivity index (χ1n) is 10.2. The molecule has 1 fully saturated rings. The summed E-state index contributed by atoms with van der Waals surface area (Å²) in [6.07, 6.45) is 1.84. The van der Waals surface area contributed by atoms with Crippen molar-refractivity contribution in [1.82, 2.24) is 14.7 Å². The zero-order chi connectivity index (χ0) is 21.4. The Morgan fingerprint density at radius 2 is 1.62 bits per heavy atom. The molecule has 0 saturated carbocycles. The second-order valence-electron chi connectivity index (χ2n) is 9.81. The molecule has 1 aliphatic rings. The molecule has 0 bridgehead atoms. The van der Waals surface area contributed by atoms with Crippen LogP contribution in [0.4, 0.5) is 0 Å². The fraction of sp³-hybridized carbons (Fsp3) is 0.565. The van der Waals surface area contributed by atoms with Crippen LogP contribution in [0.15, 0.2) is 24.4 Å². The van der Waals surface area contributed by atoms with Gasteiger partial charge >= 0.3 is 0 Å². The molecule has 0 unspecified atom stereocenters. The second-order valence-corrected chi connectivity index (χ2v) is 9.81. The molecule has 0 radical (unpaired) electrons. The maximum atomic E-state index is 12.5. The third-order valence-corrected chi connectivity index (χ3v) is 5.32. The van der Waals surface area contributed by atoms with E-state index in [9.17, 15) is 9.90 Å². The second kappa shape index (κ2) is 7.82. The van der Waals surface area contributed by atoms with Crippen LogP contribution in [0.1, 0.15) is 52.7 Å². The summed E-state index contributed by atoms with van der Waals surface area (Å²) in [5, 5.41) is 15.6. The highest BCUT2D eigenvalue weighted by atomic mass is 16.5. The lowest BCUT2D eigenvalue weighted by Gasteiger charge is -2.28. The van der Waals surface area contributed by atoms with Gasteiger partial charge in [-0.3, -0.25) is 9.48 Å². The Bertz CT molecular complexity index is 846. The Morgan fingerprint density at radius 3 is 2.14 bits per heavy atom. The van der Waals surface area contributed by atoms with Crippen molar-refractivity contribution in [3.8, 4) is 17.0 Å². The molecule has 1 N–H and O–H groups in total. The van der Waals surface area contributed by atoms with E-state index in [1.807, 2.05) is 29.3 Å². The van der Waals surface area contributed by atoms with E-state index in [4.69, 9.17) is 4.74 Å². The molecule has 3 rings (SSSR count). The summed E-state index contributed by atoms with van der Waals surface area (Å²) in [6, 6.07) is 5.96. The zero-order valence-electron chi connectivity index (χ0n) is 18.5. The lowest BCUT2D eigenvalue weighted by molar-refractivity contribution is -0.136. The van der Waals surface area contributed by atoms with Crippen molar-refractivity contribution in [2.75, 3.05) is 26.3 Å². The van der Waals surface area contributed by atoms with Crippen LogP contribution in [0, 0.1) is 0 Å². The number of ether oxygens (including phenoxy) is 1. The van der Waals surface area contributed by atoms with E-state index < -0.39 is 0 Å². The van der Waals surface area contributed by atoms with Crippen LogP contribution in [0.5, 0.6) is 5.75 Å². The minimum absolute atomic E-state index is 0.0550. The van der Waals surface area contributed by atoms with Crippen LogP contribution in [0.3, 0.4) is 0 Å². The Kier molecular flexibility index (Phi) is 5.77. The van der Waals surface area contributed by atoms with Crippen molar-refractivity contribution in [2.45, 2.75) is 58.9 Å². The van der Waals surface area contributed by atoms with Gasteiger partial charge in [-0.15, -0.1) is 0 Å². The number of phenolic OH excluding ortho intramolecular Hbond substituents is 1. The number of nitrogens with zero attached hydrogens (tertiary/aromatic N) is 3. The van der Waals surface area contributed by atoms with Gasteiger partial charge in [0, 0.05) is 36.0 Å². The number of carbonyl (C=O) groups is 1. The summed E-state index contributed by atoms with van der Waals surface area (Å²) >= 11 is 0. The Morgan fingerprint density at radius 1 is 1.07 bits per heavy atom. The summed E-state index contributed by atoms with van der Waals surface area (Å²) in [7, 11) is 0. The van der Waals surface area contributed by atoms with Gasteiger partial charge in [-0.1, -0.05) is 41.5 Å². The summed E-state index contributed by atoms with van der Waals surface area (Å²) < 4.78 is 7.00. The van der Waals surface area contributed by atoms with Crippen molar-refractivity contribution in [3.63, 3.8) is 0 Å². The Balaban J connectivity index is 1.92. The van der Waals surface area contributed by atoms with E-state index in [1.165, 1.54) is 0 Å². The minimum atomic E-state index is -0.199. The van der Waals surface area contributed by atoms with Crippen LogP contribution >= 0.6 is 0 Å². The van der Waals surface area contributed by atoms with E-state index in [0.29, 0.717) is 32.1 Å². The molecular weight excluding hydrogens is 366 g/mol. The first kappa shape index (κ1) is 21.4. The van der Waals surface area contributed by atoms with E-state index in [1.54, 1.807) is 4.68 Å². The number of aromatic nitrogens is 2. The third-order valence-electron chi connectivity index (χ3n) is 5.32. The molecule has 6 heteroatoms. The van der Waals surface area contributed by atoms with E-state index in [0.717, 1.165) is 22.4 Å². The van der Waals surface area contributed by atoms with E-state index in [2.05, 4.69) is 46.6 Å². The quantitative estimate of drug-likeness (QED) is 0.854. The molecule has 0 atom stereocenters. The maximum Gasteiger partial charge on any atom is 0.244 e. The van der Waals surface area contributed by atoms with Crippen molar-refractivity contribution in [1.29, 1.82) is 0 Å². The number of rotatable bonds is 3. The van der Waals surface area contributed by atoms with E-state index in [-0.39, 0.29) is 23.3 Å². The first-order chi connectivity index (χ1) is 13.5. The molecule has 2 aromatic rings. The largest absolute Gasteiger partial charge is 0.507 e. The maximum absolute atomic E-state index is 12.5. The molecule has 0 aliphatic carbocycles. The smallest absolute Gasteiger partial charge is 0.244 e. The molecule has 6 nitrogen and oxygen atoms in total. The number of morpholine rings is 1. The van der Waals surface area contributed by atoms with Gasteiger partial charge in [-0.25, -0.2) is 0 Å². The number of benzene rings is 1. The highest BCUT2D eigenvalue weighted by Gasteiger charge is 2.27. The fourth-order valence-electron chi connectivity index (χ4n) is 3.58. The average molecular weight is 400 g/mol. The average Bonchev–Trinajstić information content (AvgIpc) is 3.09. The molecular formula is C23H33N3O3. The van der Waals surface area contributed by atoms with Crippen molar-refractivity contribution < 1.29 is 14.6 Å². The first-order valence-corrected chi connectivity index (χ1v) is 10.2. The summed E-state index contributed by atoms with van der Waals surface area (Å²) in [4.78, 5) is 14.3. The molecule has 1 saturated heterocycles. The van der Waals surface area contributed by atoms with Gasteiger partial charge < -0.3 is 14.7 Å². The highest BCUT2D eigenvalue weighted by molar-refractivity contribution is 5.76. The summed E-state index contributed by atoms with van der Waals surface area (Å²) in [5.74, 6) is 0.412. The number of amides is 1. The van der Waals surface area contributed by atoms with Gasteiger partial charge in [0.1, 0.15) is 12.3 Å². The minimum Gasteiger partial charge on any atom is -0.507 e. The summed E-state index contributed by atoms with van der Waals surface area (Å²) in [5.41, 5.74) is 3.16. The topological polar surface area (TPSA) is 67.6 Å². The lowest BCUT2D eigenvalue weighted by Crippen LogP contribution is -2.42. The highest BCUT2D eigenvalue weighted by Crippen LogP contribution is 2.41. The van der Waals surface area contributed by atoms with Gasteiger partial charge in [-0.2, -0.15) is 5.10 Å². The number of hydrogen-bond acceptors (Lipinski definition) is 4. The number of aromatic hydroxyl groups is 1. The predicted molar refractivity (Wildman–Crippen MR) is 114 cm³/mol. The fourth-order valence-corrected chi connectivity index (χ4v) is 3.58. The van der Waals surface area contributed by atoms with Crippen LogP contribution in [0.2, 0.25) is 0 Å². The van der Waals surface area contributed by atoms with Gasteiger partial charge in [0.25, 0.3) is 0 Å². The Labute approximate surface area is 173 Å². The summed E-state index contributed by atoms with van der Waals surface area (Å²) in [6.45, 7) is 15.2. The molecule has 1 aromatic carbocycles. The van der Waals surface area contributed by atoms with Crippen LogP contribution in [0.25, 0.3) is 11.3 Å². The predicted octanol–water partition coefficient (Wildman–Crippen LogP) is 3.71. The third kappa shape index (κ3) is 4.81. The number of hydrogen-bond donors (Lipinski definition) is 1. The molecule has 1 aliphatic heterocycles. The SMILES string of the molecule is CC(C)(C)c1cc(-c2ccn(CC(=O)N3CCOCC3)n2)cc(C(C)(C)C)c1O. The number of carbonyl (C=O) groups excluding carboxylic acids is 1. The van der Waals surface area contributed by atoms with Crippen LogP contribution in [-0.4, -0.2) is 52.0 Å². The van der Waals surface area contributed by atoms with Gasteiger partial charge in [0.2, 0.25) is 5.91 Å². The van der Waals surface area contributed by atoms with Gasteiger partial charge in [0.15, 0.2) is 0 Å². The molecule has 2 heterocycles. The standard InChI is InChI=1S/C23H33N3O3/c1-22(2,3)17-13-16(14-18(21(17)28)23(4,5)6)19-7-8-26(24-19)15-20(27)25-9-11-29-12-10-25/h7-8,13-14,28H,9-12,15H2,1-6H3. The number of phenols is 1. The van der Waals surface area contributed by atoms with Crippen molar-refractivity contribution in [3.05, 3.63) is 35.5 Å². The molecule has 1 amide bonds. The Hall–Kier alpha value is -2.34.